The second kappa shape index (κ2) is 4.47. The third-order valence-electron chi connectivity index (χ3n) is 3.99. The predicted octanol–water partition coefficient (Wildman–Crippen LogP) is 1.24. The summed E-state index contributed by atoms with van der Waals surface area (Å²) in [6.07, 6.45) is 0. The van der Waals surface area contributed by atoms with Crippen LogP contribution >= 0.6 is 0 Å². The highest BCUT2D eigenvalue weighted by molar-refractivity contribution is 5.93. The molecule has 0 spiro atoms. The Morgan fingerprint density at radius 2 is 1.95 bits per heavy atom. The fourth-order valence-electron chi connectivity index (χ4n) is 2.65. The predicted molar refractivity (Wildman–Crippen MR) is 74.6 cm³/mol. The van der Waals surface area contributed by atoms with Crippen LogP contribution in [-0.4, -0.2) is 43.2 Å². The van der Waals surface area contributed by atoms with Gasteiger partial charge in [-0.1, -0.05) is 0 Å². The van der Waals surface area contributed by atoms with Crippen molar-refractivity contribution in [2.75, 3.05) is 13.1 Å². The van der Waals surface area contributed by atoms with Gasteiger partial charge in [0.05, 0.1) is 6.04 Å². The van der Waals surface area contributed by atoms with Gasteiger partial charge in [0.1, 0.15) is 17.3 Å². The molecule has 0 bridgehead atoms. The van der Waals surface area contributed by atoms with Crippen molar-refractivity contribution in [3.63, 3.8) is 0 Å². The molecule has 0 aliphatic carbocycles. The SMILES string of the molecule is Cc1nc(C)n(C2CN(C(=O)c3ccc(C)n3C)C2)n1. The van der Waals surface area contributed by atoms with Crippen LogP contribution in [-0.2, 0) is 7.05 Å². The molecule has 6 nitrogen and oxygen atoms in total. The van der Waals surface area contributed by atoms with Gasteiger partial charge in [0.15, 0.2) is 0 Å². The molecule has 2 aromatic heterocycles. The fraction of sp³-hybridized carbons (Fsp3) is 0.500. The van der Waals surface area contributed by atoms with Crippen LogP contribution in [0, 0.1) is 20.8 Å². The van der Waals surface area contributed by atoms with Crippen molar-refractivity contribution in [3.05, 3.63) is 35.2 Å². The van der Waals surface area contributed by atoms with Gasteiger partial charge in [0, 0.05) is 25.8 Å². The molecule has 1 amide bonds. The molecular weight excluding hydrogens is 254 g/mol. The molecule has 0 radical (unpaired) electrons. The first kappa shape index (κ1) is 12.9. The summed E-state index contributed by atoms with van der Waals surface area (Å²) in [6, 6.07) is 4.10. The Labute approximate surface area is 118 Å². The Bertz CT molecular complexity index is 663. The van der Waals surface area contributed by atoms with E-state index in [1.807, 2.05) is 54.1 Å². The van der Waals surface area contributed by atoms with Crippen molar-refractivity contribution in [1.82, 2.24) is 24.2 Å². The molecule has 0 N–H and O–H groups in total. The molecule has 1 aliphatic rings. The van der Waals surface area contributed by atoms with Crippen molar-refractivity contribution in [2.24, 2.45) is 7.05 Å². The van der Waals surface area contributed by atoms with Gasteiger partial charge in [0.25, 0.3) is 5.91 Å². The van der Waals surface area contributed by atoms with Crippen LogP contribution in [0.2, 0.25) is 0 Å². The van der Waals surface area contributed by atoms with Crippen LogP contribution < -0.4 is 0 Å². The zero-order chi connectivity index (χ0) is 14.4. The molecular formula is C14H19N5O. The van der Waals surface area contributed by atoms with Gasteiger partial charge in [-0.15, -0.1) is 0 Å². The first-order valence-corrected chi connectivity index (χ1v) is 6.78. The second-order valence-electron chi connectivity index (χ2n) is 5.43. The van der Waals surface area contributed by atoms with Crippen LogP contribution in [0.5, 0.6) is 0 Å². The lowest BCUT2D eigenvalue weighted by Gasteiger charge is -2.39. The minimum atomic E-state index is 0.0892. The monoisotopic (exact) mass is 273 g/mol. The molecule has 0 aromatic carbocycles. The molecule has 0 atom stereocenters. The number of hydrogen-bond acceptors (Lipinski definition) is 3. The first-order chi connectivity index (χ1) is 9.47. The van der Waals surface area contributed by atoms with E-state index >= 15 is 0 Å². The zero-order valence-corrected chi connectivity index (χ0v) is 12.3. The molecule has 0 unspecified atom stereocenters. The summed E-state index contributed by atoms with van der Waals surface area (Å²) in [5.74, 6) is 1.78. The lowest BCUT2D eigenvalue weighted by molar-refractivity contribution is 0.0487. The molecule has 1 aliphatic heterocycles. The van der Waals surface area contributed by atoms with Crippen LogP contribution in [0.4, 0.5) is 0 Å². The lowest BCUT2D eigenvalue weighted by atomic mass is 10.1. The number of aromatic nitrogens is 4. The average molecular weight is 273 g/mol. The van der Waals surface area contributed by atoms with Gasteiger partial charge in [-0.25, -0.2) is 9.67 Å². The standard InChI is InChI=1S/C14H19N5O/c1-9-5-6-13(17(9)4)14(20)18-7-12(8-18)19-11(3)15-10(2)16-19/h5-6,12H,7-8H2,1-4H3. The highest BCUT2D eigenvalue weighted by Crippen LogP contribution is 2.24. The van der Waals surface area contributed by atoms with Crippen molar-refractivity contribution in [2.45, 2.75) is 26.8 Å². The number of likely N-dealkylation sites (tertiary alicyclic amines) is 1. The van der Waals surface area contributed by atoms with Gasteiger partial charge < -0.3 is 9.47 Å². The van der Waals surface area contributed by atoms with E-state index in [4.69, 9.17) is 0 Å². The minimum absolute atomic E-state index is 0.0892. The normalized spacial score (nSPS) is 15.5. The second-order valence-corrected chi connectivity index (χ2v) is 5.43. The van der Waals surface area contributed by atoms with Crippen LogP contribution in [0.15, 0.2) is 12.1 Å². The van der Waals surface area contributed by atoms with Gasteiger partial charge >= 0.3 is 0 Å². The summed E-state index contributed by atoms with van der Waals surface area (Å²) in [4.78, 5) is 18.5. The number of carbonyl (C=O) groups is 1. The molecule has 6 heteroatoms. The highest BCUT2D eigenvalue weighted by Gasteiger charge is 2.34. The number of rotatable bonds is 2. The summed E-state index contributed by atoms with van der Waals surface area (Å²) in [5, 5.41) is 4.38. The van der Waals surface area contributed by atoms with Gasteiger partial charge in [0.2, 0.25) is 0 Å². The number of hydrogen-bond donors (Lipinski definition) is 0. The van der Waals surface area contributed by atoms with E-state index in [0.717, 1.165) is 23.0 Å². The average Bonchev–Trinajstić information content (AvgIpc) is 2.82. The van der Waals surface area contributed by atoms with Gasteiger partial charge in [-0.05, 0) is 32.9 Å². The van der Waals surface area contributed by atoms with E-state index in [0.29, 0.717) is 13.1 Å². The third kappa shape index (κ3) is 1.92. The number of carbonyl (C=O) groups excluding carboxylic acids is 1. The molecule has 3 rings (SSSR count). The number of aryl methyl sites for hydroxylation is 3. The van der Waals surface area contributed by atoms with E-state index < -0.39 is 0 Å². The zero-order valence-electron chi connectivity index (χ0n) is 12.3. The largest absolute Gasteiger partial charge is 0.344 e. The van der Waals surface area contributed by atoms with Crippen molar-refractivity contribution >= 4 is 5.91 Å². The Balaban J connectivity index is 1.70. The van der Waals surface area contributed by atoms with E-state index in [1.54, 1.807) is 0 Å². The minimum Gasteiger partial charge on any atom is -0.344 e. The molecule has 106 valence electrons. The molecule has 3 heterocycles. The van der Waals surface area contributed by atoms with Crippen LogP contribution in [0.25, 0.3) is 0 Å². The first-order valence-electron chi connectivity index (χ1n) is 6.78. The molecule has 20 heavy (non-hydrogen) atoms. The maximum absolute atomic E-state index is 12.4. The van der Waals surface area contributed by atoms with Crippen molar-refractivity contribution in [1.29, 1.82) is 0 Å². The topological polar surface area (TPSA) is 56.0 Å². The summed E-state index contributed by atoms with van der Waals surface area (Å²) in [6.45, 7) is 7.24. The fourth-order valence-corrected chi connectivity index (χ4v) is 2.65. The van der Waals surface area contributed by atoms with E-state index in [9.17, 15) is 4.79 Å². The van der Waals surface area contributed by atoms with Crippen LogP contribution in [0.1, 0.15) is 33.9 Å². The van der Waals surface area contributed by atoms with E-state index in [2.05, 4.69) is 10.1 Å². The van der Waals surface area contributed by atoms with E-state index in [1.165, 1.54) is 0 Å². The number of amides is 1. The smallest absolute Gasteiger partial charge is 0.270 e. The van der Waals surface area contributed by atoms with Crippen molar-refractivity contribution < 1.29 is 4.79 Å². The van der Waals surface area contributed by atoms with Crippen molar-refractivity contribution in [3.8, 4) is 0 Å². The maximum atomic E-state index is 12.4. The molecule has 1 saturated heterocycles. The summed E-state index contributed by atoms with van der Waals surface area (Å²) in [5.41, 5.74) is 1.83. The quantitative estimate of drug-likeness (QED) is 0.827. The third-order valence-corrected chi connectivity index (χ3v) is 3.99. The lowest BCUT2D eigenvalue weighted by Crippen LogP contribution is -2.51. The van der Waals surface area contributed by atoms with E-state index in [-0.39, 0.29) is 11.9 Å². The van der Waals surface area contributed by atoms with Gasteiger partial charge in [-0.3, -0.25) is 4.79 Å². The summed E-state index contributed by atoms with van der Waals surface area (Å²) in [7, 11) is 1.92. The Morgan fingerprint density at radius 1 is 1.25 bits per heavy atom. The Kier molecular flexibility index (Phi) is 2.88. The Hall–Kier alpha value is -2.11. The molecule has 2 aromatic rings. The molecule has 1 fully saturated rings. The Morgan fingerprint density at radius 3 is 2.45 bits per heavy atom. The summed E-state index contributed by atoms with van der Waals surface area (Å²) >= 11 is 0. The van der Waals surface area contributed by atoms with Gasteiger partial charge in [-0.2, -0.15) is 5.10 Å². The number of nitrogens with zero attached hydrogens (tertiary/aromatic N) is 5. The summed E-state index contributed by atoms with van der Waals surface area (Å²) < 4.78 is 3.86. The molecule has 0 saturated carbocycles. The highest BCUT2D eigenvalue weighted by atomic mass is 16.2. The maximum Gasteiger partial charge on any atom is 0.270 e. The van der Waals surface area contributed by atoms with Crippen LogP contribution in [0.3, 0.4) is 0 Å².